The van der Waals surface area contributed by atoms with E-state index in [2.05, 4.69) is 0 Å². The van der Waals surface area contributed by atoms with Crippen molar-refractivity contribution in [1.82, 2.24) is 0 Å². The van der Waals surface area contributed by atoms with E-state index in [-0.39, 0.29) is 23.5 Å². The van der Waals surface area contributed by atoms with Crippen molar-refractivity contribution in [3.05, 3.63) is 29.0 Å². The van der Waals surface area contributed by atoms with E-state index < -0.39 is 5.82 Å². The van der Waals surface area contributed by atoms with E-state index in [1.165, 1.54) is 17.0 Å². The van der Waals surface area contributed by atoms with Crippen LogP contribution in [-0.4, -0.2) is 24.2 Å². The number of anilines is 1. The second-order valence-corrected chi connectivity index (χ2v) is 4.32. The fraction of sp³-hybridized carbons (Fsp3) is 0.364. The van der Waals surface area contributed by atoms with E-state index in [9.17, 15) is 9.18 Å². The van der Waals surface area contributed by atoms with Gasteiger partial charge in [-0.2, -0.15) is 0 Å². The molecule has 2 rings (SSSR count). The Morgan fingerprint density at radius 2 is 2.25 bits per heavy atom. The fourth-order valence-electron chi connectivity index (χ4n) is 1.85. The summed E-state index contributed by atoms with van der Waals surface area (Å²) in [7, 11) is 0. The summed E-state index contributed by atoms with van der Waals surface area (Å²) in [5.74, 6) is -0.655. The van der Waals surface area contributed by atoms with Gasteiger partial charge in [-0.25, -0.2) is 4.39 Å². The van der Waals surface area contributed by atoms with Crippen LogP contribution in [0, 0.1) is 11.7 Å². The Labute approximate surface area is 97.4 Å². The summed E-state index contributed by atoms with van der Waals surface area (Å²) in [6.07, 6.45) is 0.296. The van der Waals surface area contributed by atoms with Gasteiger partial charge in [-0.05, 0) is 18.2 Å². The lowest BCUT2D eigenvalue weighted by atomic mass is 10.1. The molecular weight excluding hydrogens is 233 g/mol. The van der Waals surface area contributed by atoms with Gasteiger partial charge in [-0.1, -0.05) is 11.6 Å². The first-order valence-corrected chi connectivity index (χ1v) is 5.35. The first kappa shape index (κ1) is 11.4. The first-order chi connectivity index (χ1) is 7.60. The maximum atomic E-state index is 13.1. The van der Waals surface area contributed by atoms with E-state index in [1.54, 1.807) is 6.07 Å². The van der Waals surface area contributed by atoms with Crippen molar-refractivity contribution in [2.24, 2.45) is 5.92 Å². The Kier molecular flexibility index (Phi) is 3.12. The number of aliphatic hydroxyl groups is 1. The van der Waals surface area contributed by atoms with Crippen molar-refractivity contribution >= 4 is 23.2 Å². The molecule has 1 fully saturated rings. The lowest BCUT2D eigenvalue weighted by Crippen LogP contribution is -2.24. The molecule has 3 nitrogen and oxygen atoms in total. The highest BCUT2D eigenvalue weighted by Gasteiger charge is 2.30. The number of aliphatic hydroxyl groups excluding tert-OH is 1. The molecule has 0 aromatic heterocycles. The third-order valence-corrected chi connectivity index (χ3v) is 2.84. The van der Waals surface area contributed by atoms with E-state index in [0.29, 0.717) is 18.7 Å². The standard InChI is InChI=1S/C11H11ClFNO2/c12-8-2-9(13)4-10(3-8)14-5-7(6-15)1-11(14)16/h2-4,7,15H,1,5-6H2. The SMILES string of the molecule is O=C1CC(CO)CN1c1cc(F)cc(Cl)c1. The van der Waals surface area contributed by atoms with Gasteiger partial charge < -0.3 is 10.0 Å². The third-order valence-electron chi connectivity index (χ3n) is 2.62. The lowest BCUT2D eigenvalue weighted by molar-refractivity contribution is -0.117. The van der Waals surface area contributed by atoms with Crippen LogP contribution < -0.4 is 4.90 Å². The van der Waals surface area contributed by atoms with Gasteiger partial charge >= 0.3 is 0 Å². The average Bonchev–Trinajstić information content (AvgIpc) is 2.58. The molecule has 1 heterocycles. The van der Waals surface area contributed by atoms with Crippen LogP contribution in [0.4, 0.5) is 10.1 Å². The summed E-state index contributed by atoms with van der Waals surface area (Å²) in [5, 5.41) is 9.24. The number of benzene rings is 1. The van der Waals surface area contributed by atoms with Gasteiger partial charge in [0.05, 0.1) is 0 Å². The van der Waals surface area contributed by atoms with Crippen LogP contribution in [0.2, 0.25) is 5.02 Å². The van der Waals surface area contributed by atoms with E-state index in [4.69, 9.17) is 16.7 Å². The van der Waals surface area contributed by atoms with Crippen LogP contribution in [0.3, 0.4) is 0 Å². The van der Waals surface area contributed by atoms with Crippen LogP contribution in [0.5, 0.6) is 0 Å². The van der Waals surface area contributed by atoms with E-state index >= 15 is 0 Å². The third kappa shape index (κ3) is 2.18. The number of rotatable bonds is 2. The smallest absolute Gasteiger partial charge is 0.227 e. The van der Waals surface area contributed by atoms with Crippen LogP contribution in [-0.2, 0) is 4.79 Å². The summed E-state index contributed by atoms with van der Waals surface area (Å²) >= 11 is 5.72. The van der Waals surface area contributed by atoms with Gasteiger partial charge in [0.1, 0.15) is 5.82 Å². The largest absolute Gasteiger partial charge is 0.396 e. The summed E-state index contributed by atoms with van der Waals surface area (Å²) in [6, 6.07) is 4.00. The van der Waals surface area contributed by atoms with Gasteiger partial charge in [0.25, 0.3) is 0 Å². The highest BCUT2D eigenvalue weighted by atomic mass is 35.5. The molecule has 1 amide bonds. The van der Waals surface area contributed by atoms with Gasteiger partial charge in [0.15, 0.2) is 0 Å². The van der Waals surface area contributed by atoms with E-state index in [1.807, 2.05) is 0 Å². The van der Waals surface area contributed by atoms with Gasteiger partial charge in [0, 0.05) is 36.2 Å². The molecule has 1 aromatic rings. The van der Waals surface area contributed by atoms with Crippen molar-refractivity contribution in [2.75, 3.05) is 18.1 Å². The summed E-state index contributed by atoms with van der Waals surface area (Å²) in [5.41, 5.74) is 0.450. The molecule has 0 bridgehead atoms. The van der Waals surface area contributed by atoms with Crippen LogP contribution in [0.15, 0.2) is 18.2 Å². The minimum absolute atomic E-state index is 0.0364. The Morgan fingerprint density at radius 1 is 1.50 bits per heavy atom. The molecule has 1 N–H and O–H groups in total. The van der Waals surface area contributed by atoms with Crippen molar-refractivity contribution in [1.29, 1.82) is 0 Å². The number of hydrogen-bond donors (Lipinski definition) is 1. The predicted molar refractivity (Wildman–Crippen MR) is 59.0 cm³/mol. The molecule has 16 heavy (non-hydrogen) atoms. The molecule has 1 atom stereocenters. The second-order valence-electron chi connectivity index (χ2n) is 3.88. The number of carbonyl (C=O) groups excluding carboxylic acids is 1. The van der Waals surface area contributed by atoms with Crippen molar-refractivity contribution in [2.45, 2.75) is 6.42 Å². The first-order valence-electron chi connectivity index (χ1n) is 4.97. The molecular formula is C11H11ClFNO2. The average molecular weight is 244 g/mol. The van der Waals surface area contributed by atoms with E-state index in [0.717, 1.165) is 0 Å². The fourth-order valence-corrected chi connectivity index (χ4v) is 2.06. The molecule has 1 saturated heterocycles. The maximum Gasteiger partial charge on any atom is 0.227 e. The molecule has 1 aliphatic rings. The quantitative estimate of drug-likeness (QED) is 0.861. The Morgan fingerprint density at radius 3 is 2.81 bits per heavy atom. The molecule has 1 aliphatic heterocycles. The molecule has 0 radical (unpaired) electrons. The normalized spacial score (nSPS) is 20.6. The number of amides is 1. The monoisotopic (exact) mass is 243 g/mol. The summed E-state index contributed by atoms with van der Waals surface area (Å²) in [6.45, 7) is 0.375. The Balaban J connectivity index is 2.27. The maximum absolute atomic E-state index is 13.1. The van der Waals surface area contributed by atoms with Crippen molar-refractivity contribution in [3.63, 3.8) is 0 Å². The molecule has 0 spiro atoms. The Bertz CT molecular complexity index is 404. The number of carbonyl (C=O) groups is 1. The second kappa shape index (κ2) is 4.39. The number of halogens is 2. The van der Waals surface area contributed by atoms with Gasteiger partial charge in [-0.3, -0.25) is 4.79 Å². The number of hydrogen-bond acceptors (Lipinski definition) is 2. The van der Waals surface area contributed by atoms with Crippen LogP contribution in [0.25, 0.3) is 0 Å². The lowest BCUT2D eigenvalue weighted by Gasteiger charge is -2.16. The van der Waals surface area contributed by atoms with Crippen molar-refractivity contribution in [3.8, 4) is 0 Å². The minimum atomic E-state index is -0.470. The zero-order valence-corrected chi connectivity index (χ0v) is 9.25. The van der Waals surface area contributed by atoms with Crippen molar-refractivity contribution < 1.29 is 14.3 Å². The molecule has 5 heteroatoms. The highest BCUT2D eigenvalue weighted by Crippen LogP contribution is 2.27. The Hall–Kier alpha value is -1.13. The van der Waals surface area contributed by atoms with Crippen LogP contribution in [0.1, 0.15) is 6.42 Å². The van der Waals surface area contributed by atoms with Crippen LogP contribution >= 0.6 is 11.6 Å². The predicted octanol–water partition coefficient (Wildman–Crippen LogP) is 1.82. The topological polar surface area (TPSA) is 40.5 Å². The summed E-state index contributed by atoms with van der Waals surface area (Å²) in [4.78, 5) is 13.1. The molecule has 0 aliphatic carbocycles. The summed E-state index contributed by atoms with van der Waals surface area (Å²) < 4.78 is 13.1. The zero-order chi connectivity index (χ0) is 11.7. The molecule has 86 valence electrons. The highest BCUT2D eigenvalue weighted by molar-refractivity contribution is 6.31. The van der Waals surface area contributed by atoms with Gasteiger partial charge in [0.2, 0.25) is 5.91 Å². The minimum Gasteiger partial charge on any atom is -0.396 e. The van der Waals surface area contributed by atoms with Gasteiger partial charge in [-0.15, -0.1) is 0 Å². The zero-order valence-electron chi connectivity index (χ0n) is 8.49. The molecule has 1 aromatic carbocycles. The molecule has 1 unspecified atom stereocenters. The molecule has 0 saturated carbocycles. The number of nitrogens with zero attached hydrogens (tertiary/aromatic N) is 1.